The summed E-state index contributed by atoms with van der Waals surface area (Å²) in [5.74, 6) is -0.585. The van der Waals surface area contributed by atoms with Gasteiger partial charge in [0, 0.05) is 56.3 Å². The number of carbonyl (C=O) groups is 3. The Morgan fingerprint density at radius 3 is 2.10 bits per heavy atom. The molecule has 0 unspecified atom stereocenters. The van der Waals surface area contributed by atoms with Gasteiger partial charge in [0.15, 0.2) is 0 Å². The minimum atomic E-state index is -0.612. The van der Waals surface area contributed by atoms with E-state index in [2.05, 4.69) is 15.5 Å². The Morgan fingerprint density at radius 2 is 1.43 bits per heavy atom. The van der Waals surface area contributed by atoms with Gasteiger partial charge in [-0.2, -0.15) is 0 Å². The van der Waals surface area contributed by atoms with Crippen LogP contribution in [0.1, 0.15) is 33.6 Å². The number of nitrogens with one attached hydrogen (secondary N) is 2. The van der Waals surface area contributed by atoms with Crippen molar-refractivity contribution in [1.82, 2.24) is 9.80 Å². The molecule has 0 aliphatic carbocycles. The second-order valence-corrected chi connectivity index (χ2v) is 9.80. The number of nitrogens with zero attached hydrogens (tertiary/aromatic N) is 3. The molecule has 2 saturated heterocycles. The molecule has 2 aliphatic heterocycles. The molecule has 2 aliphatic rings. The maximum absolute atomic E-state index is 14.1. The van der Waals surface area contributed by atoms with Crippen LogP contribution in [0.5, 0.6) is 5.75 Å². The SMILES string of the molecule is COc1ccc(NC(=O)N2CCN(c3ccc(NC(=O)c4ccccc4F)cc3C(=O)N3CCCC3)CC2)cc1. The number of methoxy groups -OCH3 is 1. The molecular weight excluding hydrogens is 513 g/mol. The van der Waals surface area contributed by atoms with Crippen molar-refractivity contribution in [3.8, 4) is 5.75 Å². The predicted molar refractivity (Wildman–Crippen MR) is 152 cm³/mol. The first-order valence-electron chi connectivity index (χ1n) is 13.4. The summed E-state index contributed by atoms with van der Waals surface area (Å²) in [4.78, 5) is 44.7. The first-order chi connectivity index (χ1) is 19.4. The summed E-state index contributed by atoms with van der Waals surface area (Å²) in [6.45, 7) is 3.40. The van der Waals surface area contributed by atoms with Crippen LogP contribution in [0.25, 0.3) is 0 Å². The molecule has 40 heavy (non-hydrogen) atoms. The average molecular weight is 546 g/mol. The maximum atomic E-state index is 14.1. The zero-order valence-corrected chi connectivity index (χ0v) is 22.4. The van der Waals surface area contributed by atoms with E-state index in [0.29, 0.717) is 62.0 Å². The summed E-state index contributed by atoms with van der Waals surface area (Å²) < 4.78 is 19.3. The van der Waals surface area contributed by atoms with Gasteiger partial charge in [-0.05, 0) is 67.4 Å². The third-order valence-electron chi connectivity index (χ3n) is 7.25. The van der Waals surface area contributed by atoms with Gasteiger partial charge in [-0.25, -0.2) is 9.18 Å². The van der Waals surface area contributed by atoms with Crippen LogP contribution in [0.2, 0.25) is 0 Å². The first kappa shape index (κ1) is 27.0. The molecule has 2 heterocycles. The van der Waals surface area contributed by atoms with Gasteiger partial charge in [0.25, 0.3) is 11.8 Å². The van der Waals surface area contributed by atoms with Crippen molar-refractivity contribution in [3.05, 3.63) is 83.7 Å². The highest BCUT2D eigenvalue weighted by atomic mass is 19.1. The number of halogens is 1. The zero-order valence-electron chi connectivity index (χ0n) is 22.4. The number of likely N-dealkylation sites (tertiary alicyclic amines) is 1. The lowest BCUT2D eigenvalue weighted by atomic mass is 10.1. The summed E-state index contributed by atoms with van der Waals surface area (Å²) in [7, 11) is 1.59. The van der Waals surface area contributed by atoms with E-state index in [9.17, 15) is 18.8 Å². The highest BCUT2D eigenvalue weighted by Gasteiger charge is 2.28. The minimum absolute atomic E-state index is 0.0666. The van der Waals surface area contributed by atoms with E-state index in [1.807, 2.05) is 11.0 Å². The Labute approximate surface area is 232 Å². The van der Waals surface area contributed by atoms with Gasteiger partial charge in [0.05, 0.1) is 18.2 Å². The fraction of sp³-hybridized carbons (Fsp3) is 0.300. The largest absolute Gasteiger partial charge is 0.497 e. The minimum Gasteiger partial charge on any atom is -0.497 e. The van der Waals surface area contributed by atoms with Crippen LogP contribution in [0.3, 0.4) is 0 Å². The van der Waals surface area contributed by atoms with Crippen molar-refractivity contribution in [1.29, 1.82) is 0 Å². The predicted octanol–water partition coefficient (Wildman–Crippen LogP) is 4.68. The van der Waals surface area contributed by atoms with E-state index in [0.717, 1.165) is 18.5 Å². The first-order valence-corrected chi connectivity index (χ1v) is 13.4. The van der Waals surface area contributed by atoms with E-state index in [-0.39, 0.29) is 17.5 Å². The summed E-state index contributed by atoms with van der Waals surface area (Å²) in [6, 6.07) is 17.9. The lowest BCUT2D eigenvalue weighted by molar-refractivity contribution is 0.0792. The van der Waals surface area contributed by atoms with Gasteiger partial charge >= 0.3 is 6.03 Å². The molecule has 5 rings (SSSR count). The van der Waals surface area contributed by atoms with E-state index >= 15 is 0 Å². The third kappa shape index (κ3) is 6.01. The summed E-state index contributed by atoms with van der Waals surface area (Å²) in [6.07, 6.45) is 1.90. The van der Waals surface area contributed by atoms with Crippen molar-refractivity contribution in [2.24, 2.45) is 0 Å². The van der Waals surface area contributed by atoms with Crippen molar-refractivity contribution >= 4 is 34.9 Å². The monoisotopic (exact) mass is 545 g/mol. The molecular formula is C30H32FN5O4. The number of hydrogen-bond acceptors (Lipinski definition) is 5. The molecule has 0 radical (unpaired) electrons. The van der Waals surface area contributed by atoms with Gasteiger partial charge in [0.1, 0.15) is 11.6 Å². The quantitative estimate of drug-likeness (QED) is 0.469. The van der Waals surface area contributed by atoms with Crippen LogP contribution >= 0.6 is 0 Å². The molecule has 0 atom stereocenters. The van der Waals surface area contributed by atoms with Crippen LogP contribution in [-0.4, -0.2) is 74.0 Å². The lowest BCUT2D eigenvalue weighted by Crippen LogP contribution is -2.50. The number of ether oxygens (including phenoxy) is 1. The molecule has 0 bridgehead atoms. The van der Waals surface area contributed by atoms with Crippen molar-refractivity contribution in [2.75, 3.05) is 61.9 Å². The van der Waals surface area contributed by atoms with Crippen LogP contribution in [-0.2, 0) is 0 Å². The summed E-state index contributed by atoms with van der Waals surface area (Å²) in [5.41, 5.74) is 2.25. The average Bonchev–Trinajstić information content (AvgIpc) is 3.53. The van der Waals surface area contributed by atoms with Gasteiger partial charge < -0.3 is 30.1 Å². The smallest absolute Gasteiger partial charge is 0.321 e. The fourth-order valence-corrected chi connectivity index (χ4v) is 5.02. The van der Waals surface area contributed by atoms with Crippen LogP contribution < -0.4 is 20.3 Å². The summed E-state index contributed by atoms with van der Waals surface area (Å²) >= 11 is 0. The van der Waals surface area contributed by atoms with Crippen molar-refractivity contribution in [3.63, 3.8) is 0 Å². The molecule has 0 aromatic heterocycles. The number of rotatable bonds is 6. The molecule has 0 spiro atoms. The third-order valence-corrected chi connectivity index (χ3v) is 7.25. The van der Waals surface area contributed by atoms with E-state index in [1.54, 1.807) is 54.5 Å². The molecule has 2 N–H and O–H groups in total. The summed E-state index contributed by atoms with van der Waals surface area (Å²) in [5, 5.41) is 5.64. The second-order valence-electron chi connectivity index (χ2n) is 9.80. The van der Waals surface area contributed by atoms with Gasteiger partial charge in [0.2, 0.25) is 0 Å². The van der Waals surface area contributed by atoms with Gasteiger partial charge in [-0.15, -0.1) is 0 Å². The van der Waals surface area contributed by atoms with E-state index < -0.39 is 11.7 Å². The zero-order chi connectivity index (χ0) is 28.1. The van der Waals surface area contributed by atoms with Gasteiger partial charge in [-0.3, -0.25) is 9.59 Å². The van der Waals surface area contributed by atoms with E-state index in [1.165, 1.54) is 18.2 Å². The van der Waals surface area contributed by atoms with E-state index in [4.69, 9.17) is 4.74 Å². The highest BCUT2D eigenvalue weighted by molar-refractivity contribution is 6.06. The van der Waals surface area contributed by atoms with Crippen LogP contribution in [0, 0.1) is 5.82 Å². The van der Waals surface area contributed by atoms with Crippen molar-refractivity contribution < 1.29 is 23.5 Å². The van der Waals surface area contributed by atoms with Crippen LogP contribution in [0.15, 0.2) is 66.7 Å². The second kappa shape index (κ2) is 12.1. The number of hydrogen-bond donors (Lipinski definition) is 2. The number of piperazine rings is 1. The Balaban J connectivity index is 1.30. The topological polar surface area (TPSA) is 94.2 Å². The molecule has 3 aromatic rings. The Morgan fingerprint density at radius 1 is 0.750 bits per heavy atom. The maximum Gasteiger partial charge on any atom is 0.321 e. The fourth-order valence-electron chi connectivity index (χ4n) is 5.02. The molecule has 3 aromatic carbocycles. The van der Waals surface area contributed by atoms with Gasteiger partial charge in [-0.1, -0.05) is 12.1 Å². The van der Waals surface area contributed by atoms with Crippen LogP contribution in [0.4, 0.5) is 26.2 Å². The highest BCUT2D eigenvalue weighted by Crippen LogP contribution is 2.29. The Bertz CT molecular complexity index is 1380. The standard InChI is InChI=1S/C30H32FN5O4/c1-40-23-11-8-21(9-12-23)33-30(39)36-18-16-34(17-19-36)27-13-10-22(20-25(27)29(38)35-14-4-5-15-35)32-28(37)24-6-2-3-7-26(24)31/h2-3,6-13,20H,4-5,14-19H2,1H3,(H,32,37)(H,33,39). The molecule has 4 amide bonds. The molecule has 0 saturated carbocycles. The molecule has 208 valence electrons. The van der Waals surface area contributed by atoms with Crippen molar-refractivity contribution in [2.45, 2.75) is 12.8 Å². The number of urea groups is 1. The normalized spacial score (nSPS) is 15.1. The number of benzene rings is 3. The number of anilines is 3. The molecule has 10 heteroatoms. The number of carbonyl (C=O) groups excluding carboxylic acids is 3. The number of amides is 4. The molecule has 2 fully saturated rings. The molecule has 9 nitrogen and oxygen atoms in total. The Hall–Kier alpha value is -4.60. The lowest BCUT2D eigenvalue weighted by Gasteiger charge is -2.37. The Kier molecular flexibility index (Phi) is 8.14.